The van der Waals surface area contributed by atoms with Crippen molar-refractivity contribution in [2.24, 2.45) is 7.05 Å². The second-order valence-corrected chi connectivity index (χ2v) is 9.07. The van der Waals surface area contributed by atoms with Gasteiger partial charge in [-0.1, -0.05) is 13.8 Å². The number of imidazole rings is 1. The summed E-state index contributed by atoms with van der Waals surface area (Å²) in [7, 11) is -1.61. The highest BCUT2D eigenvalue weighted by Gasteiger charge is 2.31. The van der Waals surface area contributed by atoms with Gasteiger partial charge in [0.25, 0.3) is 10.2 Å². The number of anilines is 2. The van der Waals surface area contributed by atoms with Crippen LogP contribution in [0.15, 0.2) is 6.33 Å². The summed E-state index contributed by atoms with van der Waals surface area (Å²) >= 11 is 0. The summed E-state index contributed by atoms with van der Waals surface area (Å²) in [5.41, 5.74) is 1.27. The summed E-state index contributed by atoms with van der Waals surface area (Å²) in [5.74, 6) is 0.942. The van der Waals surface area contributed by atoms with Crippen molar-refractivity contribution in [3.8, 4) is 0 Å². The van der Waals surface area contributed by atoms with Crippen molar-refractivity contribution >= 4 is 33.1 Å². The van der Waals surface area contributed by atoms with Crippen LogP contribution in [0.1, 0.15) is 33.6 Å². The molecule has 3 atom stereocenters. The summed E-state index contributed by atoms with van der Waals surface area (Å²) in [4.78, 5) is 13.5. The maximum Gasteiger partial charge on any atom is 0.279 e. The van der Waals surface area contributed by atoms with Gasteiger partial charge in [0.2, 0.25) is 5.95 Å². The molecule has 0 spiro atoms. The molecule has 0 unspecified atom stereocenters. The van der Waals surface area contributed by atoms with Gasteiger partial charge in [-0.2, -0.15) is 22.7 Å². The van der Waals surface area contributed by atoms with Crippen LogP contribution >= 0.6 is 0 Å². The first-order chi connectivity index (χ1) is 13.7. The van der Waals surface area contributed by atoms with E-state index in [-0.39, 0.29) is 12.1 Å². The molecule has 12 heteroatoms. The molecule has 1 fully saturated rings. The largest absolute Gasteiger partial charge is 0.391 e. The first kappa shape index (κ1) is 21.7. The minimum Gasteiger partial charge on any atom is -0.391 e. The van der Waals surface area contributed by atoms with Crippen LogP contribution in [0, 0.1) is 0 Å². The molecule has 0 aromatic carbocycles. The van der Waals surface area contributed by atoms with E-state index in [1.807, 2.05) is 14.0 Å². The van der Waals surface area contributed by atoms with E-state index in [4.69, 9.17) is 0 Å². The topological polar surface area (TPSA) is 137 Å². The highest BCUT2D eigenvalue weighted by molar-refractivity contribution is 7.87. The Bertz CT molecular complexity index is 946. The lowest BCUT2D eigenvalue weighted by atomic mass is 10.1. The number of aromatic nitrogens is 4. The van der Waals surface area contributed by atoms with Gasteiger partial charge in [0.15, 0.2) is 17.0 Å². The van der Waals surface area contributed by atoms with Gasteiger partial charge >= 0.3 is 0 Å². The van der Waals surface area contributed by atoms with Gasteiger partial charge in [-0.05, 0) is 19.8 Å². The van der Waals surface area contributed by atoms with E-state index in [2.05, 4.69) is 30.3 Å². The minimum absolute atomic E-state index is 0.0878. The van der Waals surface area contributed by atoms with Crippen LogP contribution in [0.3, 0.4) is 0 Å². The zero-order chi connectivity index (χ0) is 21.2. The molecule has 2 aromatic heterocycles. The van der Waals surface area contributed by atoms with Gasteiger partial charge < -0.3 is 20.3 Å². The molecular weight excluding hydrogens is 396 g/mol. The van der Waals surface area contributed by atoms with Crippen molar-refractivity contribution in [1.82, 2.24) is 28.5 Å². The Hall–Kier alpha value is -2.02. The van der Waals surface area contributed by atoms with Crippen LogP contribution in [0.4, 0.5) is 11.8 Å². The minimum atomic E-state index is -3.46. The molecule has 1 saturated heterocycles. The van der Waals surface area contributed by atoms with Gasteiger partial charge in [-0.25, -0.2) is 9.71 Å². The third-order valence-electron chi connectivity index (χ3n) is 5.05. The number of hydrogen-bond donors (Lipinski definition) is 4. The monoisotopic (exact) mass is 426 g/mol. The Balaban J connectivity index is 1.83. The predicted octanol–water partition coefficient (Wildman–Crippen LogP) is 0.275. The van der Waals surface area contributed by atoms with Crippen molar-refractivity contribution in [2.75, 3.05) is 30.3 Å². The summed E-state index contributed by atoms with van der Waals surface area (Å²) in [6.45, 7) is 6.60. The van der Waals surface area contributed by atoms with Crippen molar-refractivity contribution in [3.05, 3.63) is 6.33 Å². The molecule has 4 N–H and O–H groups in total. The molecule has 0 aliphatic carbocycles. The van der Waals surface area contributed by atoms with Crippen LogP contribution < -0.4 is 15.4 Å². The molecule has 0 saturated carbocycles. The molecule has 1 aliphatic heterocycles. The third kappa shape index (κ3) is 4.77. The molecular formula is C17H30N8O3S. The molecule has 1 aliphatic rings. The Morgan fingerprint density at radius 1 is 1.34 bits per heavy atom. The van der Waals surface area contributed by atoms with Crippen molar-refractivity contribution in [1.29, 1.82) is 0 Å². The standard InChI is InChI=1S/C17H30N8O3S/c1-5-13(11(3)26)21-17-22-15(14-16(23-17)24(4)10-18-14)20-12-7-8-25(9-12)29(27,28)19-6-2/h10-13,19,26H,5-9H2,1-4H3,(H2,20,21,22,23)/t11-,12+,13+/m1/s1. The lowest BCUT2D eigenvalue weighted by Gasteiger charge is -2.21. The van der Waals surface area contributed by atoms with Gasteiger partial charge in [-0.3, -0.25) is 0 Å². The summed E-state index contributed by atoms with van der Waals surface area (Å²) in [6.07, 6.45) is 2.49. The van der Waals surface area contributed by atoms with E-state index in [9.17, 15) is 13.5 Å². The summed E-state index contributed by atoms with van der Waals surface area (Å²) < 4.78 is 30.2. The summed E-state index contributed by atoms with van der Waals surface area (Å²) in [6, 6.07) is -0.268. The number of aliphatic hydroxyl groups is 1. The Morgan fingerprint density at radius 3 is 2.76 bits per heavy atom. The van der Waals surface area contributed by atoms with Gasteiger partial charge in [0.1, 0.15) is 0 Å². The zero-order valence-electron chi connectivity index (χ0n) is 17.3. The SMILES string of the molecule is CCNS(=O)(=O)N1CC[C@H](Nc2nc(N[C@@H](CC)[C@@H](C)O)nc3c2ncn3C)C1. The molecule has 0 radical (unpaired) electrons. The van der Waals surface area contributed by atoms with Crippen molar-refractivity contribution in [2.45, 2.75) is 51.8 Å². The number of rotatable bonds is 9. The van der Waals surface area contributed by atoms with E-state index >= 15 is 0 Å². The average molecular weight is 427 g/mol. The lowest BCUT2D eigenvalue weighted by Crippen LogP contribution is -2.40. The van der Waals surface area contributed by atoms with Crippen LogP contribution in [-0.2, 0) is 17.3 Å². The Labute approximate surface area is 171 Å². The molecule has 0 amide bonds. The number of hydrogen-bond acceptors (Lipinski definition) is 8. The van der Waals surface area contributed by atoms with Crippen LogP contribution in [-0.4, -0.2) is 75.2 Å². The highest BCUT2D eigenvalue weighted by Crippen LogP contribution is 2.24. The van der Waals surface area contributed by atoms with Crippen LogP contribution in [0.5, 0.6) is 0 Å². The second kappa shape index (κ2) is 8.78. The highest BCUT2D eigenvalue weighted by atomic mass is 32.2. The van der Waals surface area contributed by atoms with E-state index in [0.717, 1.165) is 0 Å². The fraction of sp³-hybridized carbons (Fsp3) is 0.706. The molecule has 3 rings (SSSR count). The normalized spacial score (nSPS) is 20.1. The van der Waals surface area contributed by atoms with E-state index in [0.29, 0.717) is 55.4 Å². The zero-order valence-corrected chi connectivity index (χ0v) is 18.1. The summed E-state index contributed by atoms with van der Waals surface area (Å²) in [5, 5.41) is 16.5. The molecule has 162 valence electrons. The van der Waals surface area contributed by atoms with Gasteiger partial charge in [0, 0.05) is 32.7 Å². The molecule has 29 heavy (non-hydrogen) atoms. The molecule has 11 nitrogen and oxygen atoms in total. The maximum atomic E-state index is 12.2. The smallest absolute Gasteiger partial charge is 0.279 e. The van der Waals surface area contributed by atoms with Gasteiger partial charge in [-0.15, -0.1) is 0 Å². The first-order valence-electron chi connectivity index (χ1n) is 9.90. The Kier molecular flexibility index (Phi) is 6.56. The number of aryl methyl sites for hydroxylation is 1. The number of nitrogens with one attached hydrogen (secondary N) is 3. The lowest BCUT2D eigenvalue weighted by molar-refractivity contribution is 0.169. The second-order valence-electron chi connectivity index (χ2n) is 7.31. The first-order valence-corrected chi connectivity index (χ1v) is 11.3. The number of aliphatic hydroxyl groups excluding tert-OH is 1. The average Bonchev–Trinajstić information content (AvgIpc) is 3.27. The van der Waals surface area contributed by atoms with Crippen LogP contribution in [0.25, 0.3) is 11.2 Å². The fourth-order valence-corrected chi connectivity index (χ4v) is 4.70. The number of nitrogens with zero attached hydrogens (tertiary/aromatic N) is 5. The number of fused-ring (bicyclic) bond motifs is 1. The van der Waals surface area contributed by atoms with Crippen molar-refractivity contribution in [3.63, 3.8) is 0 Å². The fourth-order valence-electron chi connectivity index (χ4n) is 3.43. The van der Waals surface area contributed by atoms with E-state index in [1.165, 1.54) is 4.31 Å². The third-order valence-corrected chi connectivity index (χ3v) is 6.72. The predicted molar refractivity (Wildman–Crippen MR) is 112 cm³/mol. The van der Waals surface area contributed by atoms with Crippen LogP contribution in [0.2, 0.25) is 0 Å². The molecule has 3 heterocycles. The molecule has 2 aromatic rings. The quantitative estimate of drug-likeness (QED) is 0.449. The Morgan fingerprint density at radius 2 is 2.10 bits per heavy atom. The molecule has 0 bridgehead atoms. The van der Waals surface area contributed by atoms with E-state index in [1.54, 1.807) is 24.7 Å². The maximum absolute atomic E-state index is 12.2. The van der Waals surface area contributed by atoms with E-state index < -0.39 is 16.3 Å². The van der Waals surface area contributed by atoms with Crippen molar-refractivity contribution < 1.29 is 13.5 Å². The van der Waals surface area contributed by atoms with Gasteiger partial charge in [0.05, 0.1) is 18.5 Å².